The fourth-order valence-electron chi connectivity index (χ4n) is 4.50. The minimum Gasteiger partial charge on any atom is -0.444 e. The van der Waals surface area contributed by atoms with E-state index in [1.807, 2.05) is 35.8 Å². The Balaban J connectivity index is 1.47. The fourth-order valence-corrected chi connectivity index (χ4v) is 5.49. The summed E-state index contributed by atoms with van der Waals surface area (Å²) in [4.78, 5) is 35.4. The van der Waals surface area contributed by atoms with E-state index in [0.717, 1.165) is 31.7 Å². The lowest BCUT2D eigenvalue weighted by Crippen LogP contribution is -2.39. The van der Waals surface area contributed by atoms with Gasteiger partial charge in [0, 0.05) is 28.2 Å². The van der Waals surface area contributed by atoms with Crippen LogP contribution < -0.4 is 16.4 Å². The average Bonchev–Trinajstić information content (AvgIpc) is 3.48. The van der Waals surface area contributed by atoms with Crippen LogP contribution in [-0.4, -0.2) is 56.0 Å². The zero-order valence-corrected chi connectivity index (χ0v) is 25.9. The molecular weight excluding hydrogens is 556 g/mol. The Labute approximate surface area is 249 Å². The van der Waals surface area contributed by atoms with Gasteiger partial charge in [0.2, 0.25) is 5.91 Å². The molecule has 12 heteroatoms. The zero-order valence-electron chi connectivity index (χ0n) is 25.0. The van der Waals surface area contributed by atoms with Gasteiger partial charge in [-0.2, -0.15) is 0 Å². The van der Waals surface area contributed by atoms with Crippen LogP contribution in [0, 0.1) is 0 Å². The summed E-state index contributed by atoms with van der Waals surface area (Å²) >= 11 is 1.61. The highest BCUT2D eigenvalue weighted by atomic mass is 32.1. The van der Waals surface area contributed by atoms with Gasteiger partial charge in [-0.3, -0.25) is 4.79 Å². The second-order valence-corrected chi connectivity index (χ2v) is 13.0. The molecule has 0 bridgehead atoms. The Kier molecular flexibility index (Phi) is 9.39. The van der Waals surface area contributed by atoms with Crippen LogP contribution in [0.1, 0.15) is 62.7 Å². The number of ether oxygens (including phenoxy) is 2. The summed E-state index contributed by atoms with van der Waals surface area (Å²) < 4.78 is 12.8. The monoisotopic (exact) mass is 596 g/mol. The Hall–Kier alpha value is -3.74. The molecule has 0 radical (unpaired) electrons. The summed E-state index contributed by atoms with van der Waals surface area (Å²) in [6.07, 6.45) is 0.0588. The number of hydrogen-bond acceptors (Lipinski definition) is 9. The Morgan fingerprint density at radius 1 is 1.07 bits per heavy atom. The van der Waals surface area contributed by atoms with Crippen LogP contribution in [0.15, 0.2) is 30.3 Å². The standard InChI is InChI=1S/C30H40N6O5S/c1-7-40-16-23-35-25-26(36(23)17-30(5,6)39)21-11-8-18(13-22(21)34-27(25)31)12-19-9-10-20(42-19)14-32-24(37)15-33-28(38)41-29(2,3)4/h8-11,13,39H,7,12,14-17H2,1-6H3,(H2,31,34)(H,32,37)(H,33,38). The van der Waals surface area contributed by atoms with Gasteiger partial charge in [-0.15, -0.1) is 11.3 Å². The number of anilines is 1. The number of pyridine rings is 1. The summed E-state index contributed by atoms with van der Waals surface area (Å²) in [6, 6.07) is 10.1. The first kappa shape index (κ1) is 31.2. The summed E-state index contributed by atoms with van der Waals surface area (Å²) in [6.45, 7) is 12.1. The number of carbonyl (C=O) groups is 2. The molecule has 3 heterocycles. The van der Waals surface area contributed by atoms with E-state index in [-0.39, 0.29) is 12.5 Å². The van der Waals surface area contributed by atoms with Crippen molar-refractivity contribution < 1.29 is 24.2 Å². The highest BCUT2D eigenvalue weighted by molar-refractivity contribution is 7.12. The van der Waals surface area contributed by atoms with Crippen molar-refractivity contribution in [3.8, 4) is 0 Å². The normalized spacial score (nSPS) is 12.2. The zero-order chi connectivity index (χ0) is 30.7. The van der Waals surface area contributed by atoms with Gasteiger partial charge in [-0.25, -0.2) is 14.8 Å². The van der Waals surface area contributed by atoms with E-state index in [1.165, 1.54) is 0 Å². The van der Waals surface area contributed by atoms with E-state index >= 15 is 0 Å². The average molecular weight is 597 g/mol. The second-order valence-electron chi connectivity index (χ2n) is 11.8. The van der Waals surface area contributed by atoms with E-state index < -0.39 is 17.3 Å². The highest BCUT2D eigenvalue weighted by Gasteiger charge is 2.23. The van der Waals surface area contributed by atoms with Crippen molar-refractivity contribution in [1.29, 1.82) is 0 Å². The number of nitrogens with two attached hydrogens (primary N) is 1. The van der Waals surface area contributed by atoms with Crippen LogP contribution >= 0.6 is 11.3 Å². The lowest BCUT2D eigenvalue weighted by molar-refractivity contribution is -0.120. The number of amides is 2. The molecule has 4 aromatic rings. The van der Waals surface area contributed by atoms with Crippen LogP contribution in [0.2, 0.25) is 0 Å². The summed E-state index contributed by atoms with van der Waals surface area (Å²) in [5.74, 6) is 0.726. The number of benzene rings is 1. The van der Waals surface area contributed by atoms with Crippen molar-refractivity contribution in [1.82, 2.24) is 25.2 Å². The fraction of sp³-hybridized carbons (Fsp3) is 0.467. The molecule has 0 unspecified atom stereocenters. The number of alkyl carbamates (subject to hydrolysis) is 1. The molecule has 0 atom stereocenters. The number of nitrogen functional groups attached to an aromatic ring is 1. The van der Waals surface area contributed by atoms with Crippen LogP contribution in [0.3, 0.4) is 0 Å². The van der Waals surface area contributed by atoms with Crippen molar-refractivity contribution in [3.63, 3.8) is 0 Å². The third-order valence-corrected chi connectivity index (χ3v) is 7.26. The van der Waals surface area contributed by atoms with Crippen molar-refractivity contribution in [2.45, 2.75) is 78.9 Å². The van der Waals surface area contributed by atoms with E-state index in [2.05, 4.69) is 21.7 Å². The third kappa shape index (κ3) is 8.17. The van der Waals surface area contributed by atoms with E-state index in [9.17, 15) is 14.7 Å². The minimum atomic E-state index is -0.968. The molecule has 0 aliphatic heterocycles. The van der Waals surface area contributed by atoms with Gasteiger partial charge in [0.05, 0.1) is 29.7 Å². The number of hydrogen-bond donors (Lipinski definition) is 4. The van der Waals surface area contributed by atoms with Gasteiger partial charge in [0.15, 0.2) is 5.82 Å². The molecule has 11 nitrogen and oxygen atoms in total. The smallest absolute Gasteiger partial charge is 0.408 e. The van der Waals surface area contributed by atoms with Crippen molar-refractivity contribution in [2.75, 3.05) is 18.9 Å². The molecule has 0 saturated carbocycles. The Morgan fingerprint density at radius 2 is 1.81 bits per heavy atom. The quantitative estimate of drug-likeness (QED) is 0.200. The van der Waals surface area contributed by atoms with Crippen LogP contribution in [0.5, 0.6) is 0 Å². The number of fused-ring (bicyclic) bond motifs is 3. The Morgan fingerprint density at radius 3 is 2.50 bits per heavy atom. The molecule has 226 valence electrons. The predicted molar refractivity (Wildman–Crippen MR) is 164 cm³/mol. The number of nitrogens with one attached hydrogen (secondary N) is 2. The molecule has 2 amide bonds. The lowest BCUT2D eigenvalue weighted by Gasteiger charge is -2.20. The number of thiophene rings is 1. The largest absolute Gasteiger partial charge is 0.444 e. The predicted octanol–water partition coefficient (Wildman–Crippen LogP) is 4.27. The first-order valence-electron chi connectivity index (χ1n) is 13.9. The van der Waals surface area contributed by atoms with Crippen molar-refractivity contribution in [2.24, 2.45) is 0 Å². The summed E-state index contributed by atoms with van der Waals surface area (Å²) in [7, 11) is 0. The lowest BCUT2D eigenvalue weighted by atomic mass is 10.1. The molecule has 1 aromatic carbocycles. The molecule has 0 aliphatic rings. The van der Waals surface area contributed by atoms with Crippen LogP contribution in [-0.2, 0) is 40.4 Å². The maximum Gasteiger partial charge on any atom is 0.408 e. The number of nitrogens with zero attached hydrogens (tertiary/aromatic N) is 3. The third-order valence-electron chi connectivity index (χ3n) is 6.18. The number of aliphatic hydroxyl groups is 1. The van der Waals surface area contributed by atoms with Gasteiger partial charge < -0.3 is 35.5 Å². The molecule has 42 heavy (non-hydrogen) atoms. The van der Waals surface area contributed by atoms with Crippen LogP contribution in [0.4, 0.5) is 10.6 Å². The van der Waals surface area contributed by atoms with E-state index in [0.29, 0.717) is 49.9 Å². The summed E-state index contributed by atoms with van der Waals surface area (Å²) in [5.41, 5.74) is 8.02. The molecule has 5 N–H and O–H groups in total. The van der Waals surface area contributed by atoms with Crippen LogP contribution in [0.25, 0.3) is 21.9 Å². The Bertz CT molecular complexity index is 1580. The minimum absolute atomic E-state index is 0.157. The molecular formula is C30H40N6O5S. The molecule has 0 aliphatic carbocycles. The first-order chi connectivity index (χ1) is 19.7. The van der Waals surface area contributed by atoms with Crippen molar-refractivity contribution >= 4 is 51.1 Å². The SMILES string of the molecule is CCOCc1nc2c(N)nc3cc(Cc4ccc(CNC(=O)CNC(=O)OC(C)(C)C)s4)ccc3c2n1CC(C)(C)O. The van der Waals surface area contributed by atoms with Gasteiger partial charge in [-0.05, 0) is 65.3 Å². The van der Waals surface area contributed by atoms with Gasteiger partial charge in [0.1, 0.15) is 30.1 Å². The number of carbonyl (C=O) groups excluding carboxylic acids is 2. The maximum absolute atomic E-state index is 12.2. The highest BCUT2D eigenvalue weighted by Crippen LogP contribution is 2.31. The summed E-state index contributed by atoms with van der Waals surface area (Å²) in [5, 5.41) is 16.8. The van der Waals surface area contributed by atoms with E-state index in [4.69, 9.17) is 20.2 Å². The number of aromatic nitrogens is 3. The molecule has 0 spiro atoms. The maximum atomic E-state index is 12.2. The number of rotatable bonds is 11. The van der Waals surface area contributed by atoms with Gasteiger partial charge in [-0.1, -0.05) is 12.1 Å². The van der Waals surface area contributed by atoms with Gasteiger partial charge in [0.25, 0.3) is 0 Å². The molecule has 3 aromatic heterocycles. The van der Waals surface area contributed by atoms with E-state index in [1.54, 1.807) is 46.0 Å². The molecule has 0 saturated heterocycles. The first-order valence-corrected chi connectivity index (χ1v) is 14.7. The molecule has 0 fully saturated rings. The molecule has 4 rings (SSSR count). The second kappa shape index (κ2) is 12.6. The van der Waals surface area contributed by atoms with Gasteiger partial charge >= 0.3 is 6.09 Å². The topological polar surface area (TPSA) is 154 Å². The number of imidazole rings is 1. The van der Waals surface area contributed by atoms with Crippen molar-refractivity contribution in [3.05, 3.63) is 51.5 Å².